The van der Waals surface area contributed by atoms with E-state index in [4.69, 9.17) is 4.74 Å². The van der Waals surface area contributed by atoms with Crippen LogP contribution in [0.1, 0.15) is 29.6 Å². The Hall–Kier alpha value is -2.61. The maximum atomic E-state index is 12.7. The molecule has 1 aliphatic heterocycles. The Morgan fingerprint density at radius 3 is 2.28 bits per heavy atom. The summed E-state index contributed by atoms with van der Waals surface area (Å²) in [6.45, 7) is 2.77. The van der Waals surface area contributed by atoms with Crippen molar-refractivity contribution in [3.05, 3.63) is 23.8 Å². The summed E-state index contributed by atoms with van der Waals surface area (Å²) in [6, 6.07) is 4.77. The number of hydrogen-bond donors (Lipinski definition) is 1. The molecule has 0 aromatic heterocycles. The first-order valence-electron chi connectivity index (χ1n) is 10.1. The average Bonchev–Trinajstić information content (AvgIpc) is 2.64. The second kappa shape index (κ2) is 7.33. The Balaban J connectivity index is 1.39. The van der Waals surface area contributed by atoms with Crippen molar-refractivity contribution >= 4 is 23.4 Å². The Morgan fingerprint density at radius 1 is 1.10 bits per heavy atom. The van der Waals surface area contributed by atoms with Crippen molar-refractivity contribution < 1.29 is 19.1 Å². The fourth-order valence-corrected chi connectivity index (χ4v) is 4.72. The number of amides is 3. The number of nitrogens with one attached hydrogen (secondary N) is 1. The molecule has 5 rings (SSSR count). The number of carbonyl (C=O) groups excluding carboxylic acids is 3. The SMILES string of the molecule is COc1ccc(C(=O)N(C)C)cc1NC(=O)C(=O)N1CCN(C23CC(C2)C3)CC1. The molecule has 2 bridgehead atoms. The van der Waals surface area contributed by atoms with E-state index in [1.54, 1.807) is 31.1 Å². The summed E-state index contributed by atoms with van der Waals surface area (Å²) < 4.78 is 5.27. The summed E-state index contributed by atoms with van der Waals surface area (Å²) in [7, 11) is 4.78. The molecule has 1 heterocycles. The monoisotopic (exact) mass is 400 g/mol. The predicted octanol–water partition coefficient (Wildman–Crippen LogP) is 1.03. The average molecular weight is 400 g/mol. The minimum atomic E-state index is -0.711. The van der Waals surface area contributed by atoms with Crippen LogP contribution in [0.4, 0.5) is 5.69 Å². The molecular formula is C21H28N4O4. The number of nitrogens with zero attached hydrogens (tertiary/aromatic N) is 3. The van der Waals surface area contributed by atoms with Gasteiger partial charge in [0.15, 0.2) is 0 Å². The van der Waals surface area contributed by atoms with E-state index in [0.29, 0.717) is 35.6 Å². The third-order valence-electron chi connectivity index (χ3n) is 6.54. The van der Waals surface area contributed by atoms with Crippen molar-refractivity contribution in [2.24, 2.45) is 5.92 Å². The van der Waals surface area contributed by atoms with Crippen molar-refractivity contribution in [3.63, 3.8) is 0 Å². The van der Waals surface area contributed by atoms with Crippen LogP contribution in [0.3, 0.4) is 0 Å². The largest absolute Gasteiger partial charge is 0.495 e. The number of ether oxygens (including phenoxy) is 1. The maximum absolute atomic E-state index is 12.7. The lowest BCUT2D eigenvalue weighted by molar-refractivity contribution is -0.162. The summed E-state index contributed by atoms with van der Waals surface area (Å²) in [5.41, 5.74) is 1.12. The van der Waals surface area contributed by atoms with Crippen LogP contribution >= 0.6 is 0 Å². The predicted molar refractivity (Wildman–Crippen MR) is 108 cm³/mol. The first-order valence-corrected chi connectivity index (χ1v) is 10.1. The molecule has 8 nitrogen and oxygen atoms in total. The second-order valence-corrected chi connectivity index (χ2v) is 8.55. The summed E-state index contributed by atoms with van der Waals surface area (Å²) in [4.78, 5) is 43.0. The van der Waals surface area contributed by atoms with Crippen LogP contribution < -0.4 is 10.1 Å². The van der Waals surface area contributed by atoms with E-state index in [1.165, 1.54) is 37.3 Å². The quantitative estimate of drug-likeness (QED) is 0.764. The van der Waals surface area contributed by atoms with Crippen LogP contribution in [0.25, 0.3) is 0 Å². The standard InChI is InChI=1S/C21H28N4O4/c1-23(2)19(27)15-4-5-17(29-3)16(10-15)22-18(26)20(28)24-6-8-25(9-7-24)21-11-14(12-21)13-21/h4-5,10,14H,6-9,11-13H2,1-3H3,(H,22,26). The van der Waals surface area contributed by atoms with Gasteiger partial charge in [0.2, 0.25) is 0 Å². The lowest BCUT2D eigenvalue weighted by Gasteiger charge is -2.67. The van der Waals surface area contributed by atoms with Crippen LogP contribution in [-0.2, 0) is 9.59 Å². The van der Waals surface area contributed by atoms with E-state index >= 15 is 0 Å². The molecule has 3 aliphatic carbocycles. The zero-order chi connectivity index (χ0) is 20.8. The lowest BCUT2D eigenvalue weighted by Crippen LogP contribution is -2.71. The highest BCUT2D eigenvalue weighted by Crippen LogP contribution is 2.60. The van der Waals surface area contributed by atoms with E-state index < -0.39 is 11.8 Å². The lowest BCUT2D eigenvalue weighted by atomic mass is 9.49. The Bertz CT molecular complexity index is 828. The number of carbonyl (C=O) groups is 3. The smallest absolute Gasteiger partial charge is 0.314 e. The van der Waals surface area contributed by atoms with Crippen LogP contribution in [-0.4, -0.2) is 85.3 Å². The van der Waals surface area contributed by atoms with Gasteiger partial charge >= 0.3 is 11.8 Å². The van der Waals surface area contributed by atoms with E-state index in [-0.39, 0.29) is 5.91 Å². The van der Waals surface area contributed by atoms with Crippen molar-refractivity contribution in [2.45, 2.75) is 24.8 Å². The molecule has 29 heavy (non-hydrogen) atoms. The normalized spacial score (nSPS) is 25.5. The highest BCUT2D eigenvalue weighted by Gasteiger charge is 2.59. The highest BCUT2D eigenvalue weighted by atomic mass is 16.5. The maximum Gasteiger partial charge on any atom is 0.314 e. The molecule has 0 unspecified atom stereocenters. The van der Waals surface area contributed by atoms with Gasteiger partial charge in [-0.15, -0.1) is 0 Å². The van der Waals surface area contributed by atoms with E-state index in [2.05, 4.69) is 10.2 Å². The molecule has 0 spiro atoms. The Morgan fingerprint density at radius 2 is 1.76 bits per heavy atom. The number of methoxy groups -OCH3 is 1. The van der Waals surface area contributed by atoms with E-state index in [0.717, 1.165) is 19.0 Å². The number of anilines is 1. The molecule has 0 radical (unpaired) electrons. The van der Waals surface area contributed by atoms with Gasteiger partial charge in [-0.2, -0.15) is 0 Å². The second-order valence-electron chi connectivity index (χ2n) is 8.55. The van der Waals surface area contributed by atoms with Gasteiger partial charge < -0.3 is 19.9 Å². The number of piperazine rings is 1. The first kappa shape index (κ1) is 19.7. The van der Waals surface area contributed by atoms with E-state index in [1.807, 2.05) is 0 Å². The Kier molecular flexibility index (Phi) is 4.98. The van der Waals surface area contributed by atoms with Gasteiger partial charge in [0.05, 0.1) is 12.8 Å². The summed E-state index contributed by atoms with van der Waals surface area (Å²) in [6.07, 6.45) is 3.88. The fraction of sp³-hybridized carbons (Fsp3) is 0.571. The molecule has 1 aromatic carbocycles. The molecule has 4 fully saturated rings. The number of hydrogen-bond acceptors (Lipinski definition) is 5. The summed E-state index contributed by atoms with van der Waals surface area (Å²) in [5, 5.41) is 2.62. The molecule has 3 amide bonds. The molecule has 8 heteroatoms. The van der Waals surface area contributed by atoms with Gasteiger partial charge in [0, 0.05) is 51.4 Å². The van der Waals surface area contributed by atoms with Gasteiger partial charge in [-0.25, -0.2) is 0 Å². The first-order chi connectivity index (χ1) is 13.8. The van der Waals surface area contributed by atoms with Gasteiger partial charge in [0.25, 0.3) is 5.91 Å². The van der Waals surface area contributed by atoms with Crippen LogP contribution in [0, 0.1) is 5.92 Å². The van der Waals surface area contributed by atoms with Crippen LogP contribution in [0.2, 0.25) is 0 Å². The molecule has 0 atom stereocenters. The molecule has 3 saturated carbocycles. The highest BCUT2D eigenvalue weighted by molar-refractivity contribution is 6.39. The minimum Gasteiger partial charge on any atom is -0.495 e. The molecule has 1 N–H and O–H groups in total. The fourth-order valence-electron chi connectivity index (χ4n) is 4.72. The van der Waals surface area contributed by atoms with Crippen molar-refractivity contribution in [1.29, 1.82) is 0 Å². The molecule has 156 valence electrons. The van der Waals surface area contributed by atoms with Gasteiger partial charge in [-0.3, -0.25) is 19.3 Å². The number of rotatable bonds is 4. The van der Waals surface area contributed by atoms with Crippen molar-refractivity contribution in [1.82, 2.24) is 14.7 Å². The molecule has 1 aromatic rings. The van der Waals surface area contributed by atoms with Gasteiger partial charge in [-0.05, 0) is 43.4 Å². The zero-order valence-corrected chi connectivity index (χ0v) is 17.2. The summed E-state index contributed by atoms with van der Waals surface area (Å²) >= 11 is 0. The molecule has 4 aliphatic rings. The number of benzene rings is 1. The molecule has 1 saturated heterocycles. The third-order valence-corrected chi connectivity index (χ3v) is 6.54. The van der Waals surface area contributed by atoms with E-state index in [9.17, 15) is 14.4 Å². The molecular weight excluding hydrogens is 372 g/mol. The van der Waals surface area contributed by atoms with Crippen LogP contribution in [0.15, 0.2) is 18.2 Å². The topological polar surface area (TPSA) is 82.2 Å². The van der Waals surface area contributed by atoms with Crippen LogP contribution in [0.5, 0.6) is 5.75 Å². The Labute approximate surface area is 170 Å². The zero-order valence-electron chi connectivity index (χ0n) is 17.2. The van der Waals surface area contributed by atoms with Gasteiger partial charge in [-0.1, -0.05) is 0 Å². The summed E-state index contributed by atoms with van der Waals surface area (Å²) in [5.74, 6) is -0.134. The van der Waals surface area contributed by atoms with Gasteiger partial charge in [0.1, 0.15) is 5.75 Å². The third kappa shape index (κ3) is 3.46. The van der Waals surface area contributed by atoms with Crippen molar-refractivity contribution in [2.75, 3.05) is 52.7 Å². The minimum absolute atomic E-state index is 0.195. The van der Waals surface area contributed by atoms with Crippen molar-refractivity contribution in [3.8, 4) is 5.75 Å².